The van der Waals surface area contributed by atoms with Crippen LogP contribution in [-0.2, 0) is 129 Å². The van der Waals surface area contributed by atoms with E-state index in [-0.39, 0.29) is 0 Å². The summed E-state index contributed by atoms with van der Waals surface area (Å²) in [4.78, 5) is 137. The standard InChI is InChI=1S/C40H54O27/c1-15(41)52-12-26-29(55-18(4)44)32(57-20(6)46)35(60-23(9)49)39(64-26)66-31-28(14-54-17(3)43)63-38(62-25(11)51)37(34(31)59-22(8)48)67-40-36(61-24(10)50)33(58-21(7)47)30(56-19(5)45)27(65-40)13-53-16(2)42/h26-40H,12-14H2,1-11H3. The first-order valence-corrected chi connectivity index (χ1v) is 20.3. The second kappa shape index (κ2) is 25.2. The zero-order valence-corrected chi connectivity index (χ0v) is 38.3. The lowest BCUT2D eigenvalue weighted by molar-refractivity contribution is -0.383. The van der Waals surface area contributed by atoms with Gasteiger partial charge in [-0.3, -0.25) is 52.7 Å². The Kier molecular flexibility index (Phi) is 20.8. The molecule has 376 valence electrons. The Morgan fingerprint density at radius 1 is 0.269 bits per heavy atom. The smallest absolute Gasteiger partial charge is 0.305 e. The van der Waals surface area contributed by atoms with Gasteiger partial charge in [-0.05, 0) is 0 Å². The van der Waals surface area contributed by atoms with Crippen LogP contribution in [0.15, 0.2) is 0 Å². The lowest BCUT2D eigenvalue weighted by Crippen LogP contribution is -2.69. The van der Waals surface area contributed by atoms with Gasteiger partial charge in [0, 0.05) is 76.2 Å². The maximum absolute atomic E-state index is 13.1. The molecule has 15 unspecified atom stereocenters. The fourth-order valence-electron chi connectivity index (χ4n) is 7.01. The molecule has 67 heavy (non-hydrogen) atoms. The van der Waals surface area contributed by atoms with Gasteiger partial charge in [0.2, 0.25) is 6.29 Å². The Morgan fingerprint density at radius 2 is 0.507 bits per heavy atom. The molecule has 3 fully saturated rings. The fraction of sp³-hybridized carbons (Fsp3) is 0.725. The molecule has 3 heterocycles. The van der Waals surface area contributed by atoms with Gasteiger partial charge < -0.3 is 75.8 Å². The lowest BCUT2D eigenvalue weighted by Gasteiger charge is -2.50. The van der Waals surface area contributed by atoms with Gasteiger partial charge in [0.15, 0.2) is 61.4 Å². The molecule has 0 aromatic rings. The number of esters is 11. The minimum absolute atomic E-state index is 0.702. The van der Waals surface area contributed by atoms with Crippen molar-refractivity contribution >= 4 is 65.7 Å². The van der Waals surface area contributed by atoms with Gasteiger partial charge >= 0.3 is 65.7 Å². The van der Waals surface area contributed by atoms with Crippen LogP contribution < -0.4 is 0 Å². The highest BCUT2D eigenvalue weighted by atomic mass is 16.8. The van der Waals surface area contributed by atoms with Crippen LogP contribution in [0.2, 0.25) is 0 Å². The topological polar surface area (TPSA) is 335 Å². The zero-order chi connectivity index (χ0) is 50.4. The number of ether oxygens (including phenoxy) is 16. The molecule has 27 heteroatoms. The summed E-state index contributed by atoms with van der Waals surface area (Å²) >= 11 is 0. The normalized spacial score (nSPS) is 31.2. The van der Waals surface area contributed by atoms with Gasteiger partial charge in [-0.1, -0.05) is 0 Å². The van der Waals surface area contributed by atoms with Gasteiger partial charge in [-0.2, -0.15) is 0 Å². The Morgan fingerprint density at radius 3 is 0.806 bits per heavy atom. The summed E-state index contributed by atoms with van der Waals surface area (Å²) in [5.41, 5.74) is 0. The molecular formula is C40H54O27. The fourth-order valence-corrected chi connectivity index (χ4v) is 7.01. The molecule has 27 nitrogen and oxygen atoms in total. The SMILES string of the molecule is CC(=O)OCC1OC(OC2C(COC(C)=O)OC(OC(C)=O)C(OC3OC(COC(C)=O)C(OC(C)=O)C(OC(C)=O)C3OC(C)=O)C2OC(C)=O)C(OC(C)=O)C(OC(C)=O)C1OC(C)=O. The first kappa shape index (κ1) is 55.3. The number of hydrogen-bond acceptors (Lipinski definition) is 27. The lowest BCUT2D eigenvalue weighted by atomic mass is 9.95. The van der Waals surface area contributed by atoms with E-state index >= 15 is 0 Å². The highest BCUT2D eigenvalue weighted by Crippen LogP contribution is 2.38. The van der Waals surface area contributed by atoms with Crippen molar-refractivity contribution in [1.82, 2.24) is 0 Å². The van der Waals surface area contributed by atoms with E-state index in [0.717, 1.165) is 76.2 Å². The molecule has 0 aliphatic carbocycles. The third kappa shape index (κ3) is 17.0. The summed E-state index contributed by atoms with van der Waals surface area (Å²) in [5.74, 6) is -10.7. The number of hydrogen-bond donors (Lipinski definition) is 0. The third-order valence-corrected chi connectivity index (χ3v) is 9.11. The Balaban J connectivity index is 2.34. The quantitative estimate of drug-likeness (QED) is 0.114. The molecule has 3 rings (SSSR count). The van der Waals surface area contributed by atoms with Crippen LogP contribution in [0.3, 0.4) is 0 Å². The first-order valence-electron chi connectivity index (χ1n) is 20.3. The summed E-state index contributed by atoms with van der Waals surface area (Å²) in [6, 6.07) is 0. The van der Waals surface area contributed by atoms with E-state index in [9.17, 15) is 52.7 Å². The number of carbonyl (C=O) groups is 11. The van der Waals surface area contributed by atoms with Crippen molar-refractivity contribution in [3.05, 3.63) is 0 Å². The average Bonchev–Trinajstić information content (AvgIpc) is 3.17. The van der Waals surface area contributed by atoms with Crippen LogP contribution in [0.1, 0.15) is 76.2 Å². The van der Waals surface area contributed by atoms with E-state index < -0.39 is 178 Å². The van der Waals surface area contributed by atoms with Crippen molar-refractivity contribution in [3.8, 4) is 0 Å². The van der Waals surface area contributed by atoms with E-state index in [0.29, 0.717) is 0 Å². The van der Waals surface area contributed by atoms with Crippen molar-refractivity contribution in [1.29, 1.82) is 0 Å². The Bertz CT molecular complexity index is 1850. The molecule has 0 aromatic carbocycles. The molecule has 15 atom stereocenters. The molecular weight excluding hydrogens is 912 g/mol. The molecule has 3 saturated heterocycles. The molecule has 0 saturated carbocycles. The van der Waals surface area contributed by atoms with E-state index in [4.69, 9.17) is 75.8 Å². The molecule has 0 radical (unpaired) electrons. The van der Waals surface area contributed by atoms with Gasteiger partial charge in [0.05, 0.1) is 0 Å². The Hall–Kier alpha value is -6.03. The van der Waals surface area contributed by atoms with E-state index in [2.05, 4.69) is 0 Å². The number of rotatable bonds is 18. The predicted octanol–water partition coefficient (Wildman–Crippen LogP) is -1.29. The van der Waals surface area contributed by atoms with Crippen LogP contribution in [0, 0.1) is 0 Å². The molecule has 0 aromatic heterocycles. The minimum atomic E-state index is -2.05. The maximum Gasteiger partial charge on any atom is 0.305 e. The van der Waals surface area contributed by atoms with Crippen LogP contribution in [0.5, 0.6) is 0 Å². The van der Waals surface area contributed by atoms with Crippen LogP contribution in [-0.4, -0.2) is 178 Å². The van der Waals surface area contributed by atoms with Gasteiger partial charge in [-0.15, -0.1) is 0 Å². The highest BCUT2D eigenvalue weighted by Gasteiger charge is 2.60. The van der Waals surface area contributed by atoms with Crippen molar-refractivity contribution in [2.24, 2.45) is 0 Å². The summed E-state index contributed by atoms with van der Waals surface area (Å²) in [7, 11) is 0. The van der Waals surface area contributed by atoms with Gasteiger partial charge in [0.25, 0.3) is 0 Å². The van der Waals surface area contributed by atoms with Crippen LogP contribution >= 0.6 is 0 Å². The van der Waals surface area contributed by atoms with E-state index in [1.54, 1.807) is 0 Å². The maximum atomic E-state index is 13.1. The summed E-state index contributed by atoms with van der Waals surface area (Å²) in [5, 5.41) is 0. The van der Waals surface area contributed by atoms with Crippen molar-refractivity contribution in [3.63, 3.8) is 0 Å². The molecule has 0 N–H and O–H groups in total. The second-order valence-corrected chi connectivity index (χ2v) is 14.9. The predicted molar refractivity (Wildman–Crippen MR) is 206 cm³/mol. The first-order chi connectivity index (χ1) is 31.3. The van der Waals surface area contributed by atoms with E-state index in [1.807, 2.05) is 0 Å². The second-order valence-electron chi connectivity index (χ2n) is 14.9. The largest absolute Gasteiger partial charge is 0.463 e. The molecule has 0 amide bonds. The summed E-state index contributed by atoms with van der Waals surface area (Å²) in [6.07, 6.45) is -27.6. The Labute approximate surface area is 382 Å². The minimum Gasteiger partial charge on any atom is -0.463 e. The zero-order valence-electron chi connectivity index (χ0n) is 38.3. The van der Waals surface area contributed by atoms with Gasteiger partial charge in [0.1, 0.15) is 44.2 Å². The third-order valence-electron chi connectivity index (χ3n) is 9.11. The molecule has 0 spiro atoms. The summed E-state index contributed by atoms with van der Waals surface area (Å²) in [6.45, 7) is 8.56. The summed E-state index contributed by atoms with van der Waals surface area (Å²) < 4.78 is 90.6. The van der Waals surface area contributed by atoms with Crippen LogP contribution in [0.25, 0.3) is 0 Å². The van der Waals surface area contributed by atoms with Gasteiger partial charge in [-0.25, -0.2) is 0 Å². The number of carbonyl (C=O) groups excluding carboxylic acids is 11. The van der Waals surface area contributed by atoms with Crippen LogP contribution in [0.4, 0.5) is 0 Å². The van der Waals surface area contributed by atoms with Crippen molar-refractivity contribution in [2.45, 2.75) is 168 Å². The highest BCUT2D eigenvalue weighted by molar-refractivity contribution is 5.70. The van der Waals surface area contributed by atoms with Crippen molar-refractivity contribution in [2.75, 3.05) is 19.8 Å². The molecule has 0 bridgehead atoms. The van der Waals surface area contributed by atoms with E-state index in [1.165, 1.54) is 0 Å². The molecule has 3 aliphatic rings. The van der Waals surface area contributed by atoms with Crippen molar-refractivity contribution < 1.29 is 129 Å². The monoisotopic (exact) mass is 966 g/mol. The molecule has 3 aliphatic heterocycles. The average molecular weight is 967 g/mol.